The fourth-order valence-electron chi connectivity index (χ4n) is 1.41. The van der Waals surface area contributed by atoms with Gasteiger partial charge in [0.05, 0.1) is 19.2 Å². The van der Waals surface area contributed by atoms with E-state index in [4.69, 9.17) is 9.52 Å². The lowest BCUT2D eigenvalue weighted by Crippen LogP contribution is -2.49. The molecule has 100 valence electrons. The van der Waals surface area contributed by atoms with E-state index in [1.807, 2.05) is 0 Å². The highest BCUT2D eigenvalue weighted by atomic mass is 16.4. The SMILES string of the molecule is Cc1cnc(CNC(=O)NC(C)(C)CC(=O)O)o1. The molecule has 0 saturated heterocycles. The summed E-state index contributed by atoms with van der Waals surface area (Å²) in [5.74, 6) is 0.0979. The maximum Gasteiger partial charge on any atom is 0.315 e. The lowest BCUT2D eigenvalue weighted by molar-refractivity contribution is -0.138. The number of carboxylic acid groups (broad SMARTS) is 1. The smallest absolute Gasteiger partial charge is 0.315 e. The minimum atomic E-state index is -0.969. The van der Waals surface area contributed by atoms with Crippen molar-refractivity contribution in [1.29, 1.82) is 0 Å². The van der Waals surface area contributed by atoms with Gasteiger partial charge in [0.2, 0.25) is 5.89 Å². The van der Waals surface area contributed by atoms with Crippen LogP contribution in [0.3, 0.4) is 0 Å². The first-order valence-corrected chi connectivity index (χ1v) is 5.47. The Balaban J connectivity index is 2.39. The predicted octanol–water partition coefficient (Wildman–Crippen LogP) is 1.04. The molecule has 18 heavy (non-hydrogen) atoms. The maximum atomic E-state index is 11.5. The summed E-state index contributed by atoms with van der Waals surface area (Å²) in [6.45, 7) is 5.18. The molecule has 0 aliphatic rings. The van der Waals surface area contributed by atoms with Crippen LogP contribution in [0.4, 0.5) is 4.79 Å². The fraction of sp³-hybridized carbons (Fsp3) is 0.545. The van der Waals surface area contributed by atoms with Crippen LogP contribution in [0, 0.1) is 6.92 Å². The molecule has 7 nitrogen and oxygen atoms in total. The summed E-state index contributed by atoms with van der Waals surface area (Å²) in [5.41, 5.74) is -0.817. The van der Waals surface area contributed by atoms with E-state index in [9.17, 15) is 9.59 Å². The lowest BCUT2D eigenvalue weighted by atomic mass is 10.0. The quantitative estimate of drug-likeness (QED) is 0.729. The summed E-state index contributed by atoms with van der Waals surface area (Å²) >= 11 is 0. The summed E-state index contributed by atoms with van der Waals surface area (Å²) in [6, 6.07) is -0.461. The van der Waals surface area contributed by atoms with Crippen LogP contribution >= 0.6 is 0 Å². The van der Waals surface area contributed by atoms with Crippen LogP contribution in [-0.2, 0) is 11.3 Å². The number of aromatic nitrogens is 1. The van der Waals surface area contributed by atoms with Gasteiger partial charge in [0, 0.05) is 5.54 Å². The van der Waals surface area contributed by atoms with Crippen molar-refractivity contribution in [2.75, 3.05) is 0 Å². The van der Waals surface area contributed by atoms with E-state index in [1.54, 1.807) is 27.0 Å². The number of aliphatic carboxylic acids is 1. The highest BCUT2D eigenvalue weighted by Crippen LogP contribution is 2.07. The summed E-state index contributed by atoms with van der Waals surface area (Å²) in [5, 5.41) is 13.8. The number of nitrogens with one attached hydrogen (secondary N) is 2. The minimum Gasteiger partial charge on any atom is -0.481 e. The third kappa shape index (κ3) is 4.86. The minimum absolute atomic E-state index is 0.154. The second-order valence-electron chi connectivity index (χ2n) is 4.63. The number of nitrogens with zero attached hydrogens (tertiary/aromatic N) is 1. The Morgan fingerprint density at radius 2 is 2.17 bits per heavy atom. The van der Waals surface area contributed by atoms with Gasteiger partial charge in [-0.15, -0.1) is 0 Å². The van der Waals surface area contributed by atoms with Crippen LogP contribution in [0.15, 0.2) is 10.6 Å². The van der Waals surface area contributed by atoms with Crippen molar-refractivity contribution in [3.63, 3.8) is 0 Å². The number of oxazole rings is 1. The van der Waals surface area contributed by atoms with E-state index >= 15 is 0 Å². The molecule has 1 heterocycles. The number of rotatable bonds is 5. The number of aryl methyl sites for hydroxylation is 1. The Labute approximate surface area is 105 Å². The molecule has 0 aliphatic heterocycles. The molecule has 0 atom stereocenters. The Morgan fingerprint density at radius 1 is 1.50 bits per heavy atom. The zero-order valence-electron chi connectivity index (χ0n) is 10.6. The van der Waals surface area contributed by atoms with E-state index in [0.717, 1.165) is 0 Å². The number of carbonyl (C=O) groups excluding carboxylic acids is 1. The molecule has 1 aromatic rings. The number of urea groups is 1. The molecule has 0 unspecified atom stereocenters. The molecule has 1 aromatic heterocycles. The van der Waals surface area contributed by atoms with Crippen molar-refractivity contribution in [3.05, 3.63) is 17.8 Å². The van der Waals surface area contributed by atoms with Crippen molar-refractivity contribution >= 4 is 12.0 Å². The number of carboxylic acids is 1. The fourth-order valence-corrected chi connectivity index (χ4v) is 1.41. The average molecular weight is 255 g/mol. The van der Waals surface area contributed by atoms with Crippen LogP contribution in [0.25, 0.3) is 0 Å². The Morgan fingerprint density at radius 3 is 2.67 bits per heavy atom. The third-order valence-corrected chi connectivity index (χ3v) is 2.11. The van der Waals surface area contributed by atoms with E-state index in [-0.39, 0.29) is 13.0 Å². The third-order valence-electron chi connectivity index (χ3n) is 2.11. The molecule has 0 radical (unpaired) electrons. The molecule has 0 saturated carbocycles. The predicted molar refractivity (Wildman–Crippen MR) is 62.9 cm³/mol. The first kappa shape index (κ1) is 14.0. The molecule has 0 bridgehead atoms. The van der Waals surface area contributed by atoms with Crippen LogP contribution in [0.5, 0.6) is 0 Å². The molecule has 0 aliphatic carbocycles. The van der Waals surface area contributed by atoms with E-state index in [2.05, 4.69) is 15.6 Å². The number of carbonyl (C=O) groups is 2. The number of hydrogen-bond donors (Lipinski definition) is 3. The number of amides is 2. The molecule has 0 fully saturated rings. The average Bonchev–Trinajstić information content (AvgIpc) is 2.58. The Bertz CT molecular complexity index is 439. The van der Waals surface area contributed by atoms with E-state index < -0.39 is 17.5 Å². The topological polar surface area (TPSA) is 104 Å². The zero-order chi connectivity index (χ0) is 13.8. The van der Waals surface area contributed by atoms with Crippen LogP contribution in [0.2, 0.25) is 0 Å². The second-order valence-corrected chi connectivity index (χ2v) is 4.63. The number of hydrogen-bond acceptors (Lipinski definition) is 4. The van der Waals surface area contributed by atoms with E-state index in [1.165, 1.54) is 0 Å². The summed E-state index contributed by atoms with van der Waals surface area (Å²) < 4.78 is 5.18. The largest absolute Gasteiger partial charge is 0.481 e. The van der Waals surface area contributed by atoms with Crippen LogP contribution in [-0.4, -0.2) is 27.6 Å². The van der Waals surface area contributed by atoms with Gasteiger partial charge < -0.3 is 20.2 Å². The van der Waals surface area contributed by atoms with Crippen molar-refractivity contribution in [1.82, 2.24) is 15.6 Å². The molecule has 7 heteroatoms. The molecule has 1 rings (SSSR count). The first-order valence-electron chi connectivity index (χ1n) is 5.47. The molecular formula is C11H17N3O4. The van der Waals surface area contributed by atoms with Crippen molar-refractivity contribution < 1.29 is 19.1 Å². The van der Waals surface area contributed by atoms with Gasteiger partial charge in [-0.25, -0.2) is 9.78 Å². The molecule has 3 N–H and O–H groups in total. The van der Waals surface area contributed by atoms with Gasteiger partial charge in [-0.05, 0) is 20.8 Å². The van der Waals surface area contributed by atoms with E-state index in [0.29, 0.717) is 11.7 Å². The van der Waals surface area contributed by atoms with Gasteiger partial charge in [-0.1, -0.05) is 0 Å². The highest BCUT2D eigenvalue weighted by Gasteiger charge is 2.23. The van der Waals surface area contributed by atoms with Crippen molar-refractivity contribution in [2.45, 2.75) is 39.3 Å². The summed E-state index contributed by atoms with van der Waals surface area (Å²) in [7, 11) is 0. The maximum absolute atomic E-state index is 11.5. The van der Waals surface area contributed by atoms with Gasteiger partial charge in [-0.3, -0.25) is 4.79 Å². The van der Waals surface area contributed by atoms with Gasteiger partial charge in [0.25, 0.3) is 0 Å². The van der Waals surface area contributed by atoms with Gasteiger partial charge >= 0.3 is 12.0 Å². The second kappa shape index (κ2) is 5.52. The summed E-state index contributed by atoms with van der Waals surface area (Å²) in [4.78, 5) is 26.0. The zero-order valence-corrected chi connectivity index (χ0v) is 10.6. The first-order chi connectivity index (χ1) is 8.28. The summed E-state index contributed by atoms with van der Waals surface area (Å²) in [6.07, 6.45) is 1.40. The van der Waals surface area contributed by atoms with Gasteiger partial charge in [0.15, 0.2) is 0 Å². The van der Waals surface area contributed by atoms with Gasteiger partial charge in [0.1, 0.15) is 5.76 Å². The molecule has 0 spiro atoms. The monoisotopic (exact) mass is 255 g/mol. The Kier molecular flexibility index (Phi) is 4.30. The van der Waals surface area contributed by atoms with Crippen LogP contribution < -0.4 is 10.6 Å². The van der Waals surface area contributed by atoms with Crippen molar-refractivity contribution in [3.8, 4) is 0 Å². The molecule has 0 aromatic carbocycles. The molecular weight excluding hydrogens is 238 g/mol. The Hall–Kier alpha value is -2.05. The van der Waals surface area contributed by atoms with Crippen molar-refractivity contribution in [2.24, 2.45) is 0 Å². The highest BCUT2D eigenvalue weighted by molar-refractivity contribution is 5.76. The lowest BCUT2D eigenvalue weighted by Gasteiger charge is -2.24. The standard InChI is InChI=1S/C11H17N3O4/c1-7-5-12-8(18-7)6-13-10(17)14-11(2,3)4-9(15)16/h5H,4,6H2,1-3H3,(H,15,16)(H2,13,14,17). The van der Waals surface area contributed by atoms with Gasteiger partial charge in [-0.2, -0.15) is 0 Å². The normalized spacial score (nSPS) is 11.1. The molecule has 2 amide bonds. The van der Waals surface area contributed by atoms with Crippen LogP contribution in [0.1, 0.15) is 31.9 Å².